The van der Waals surface area contributed by atoms with Crippen molar-refractivity contribution < 1.29 is 4.74 Å². The van der Waals surface area contributed by atoms with Gasteiger partial charge in [-0.2, -0.15) is 0 Å². The predicted molar refractivity (Wildman–Crippen MR) is 48.9 cm³/mol. The molecule has 56 valence electrons. The lowest BCUT2D eigenvalue weighted by molar-refractivity contribution is 0.358. The summed E-state index contributed by atoms with van der Waals surface area (Å²) < 4.78 is 5.37. The normalized spacial score (nSPS) is 14.8. The minimum atomic E-state index is 0.635. The van der Waals surface area contributed by atoms with Gasteiger partial charge in [0.15, 0.2) is 0 Å². The number of rotatable bonds is 0. The van der Waals surface area contributed by atoms with Gasteiger partial charge in [0, 0.05) is 10.5 Å². The summed E-state index contributed by atoms with van der Waals surface area (Å²) in [4.78, 5) is 1.01. The van der Waals surface area contributed by atoms with Crippen LogP contribution >= 0.6 is 12.6 Å². The number of thiol groups is 1. The van der Waals surface area contributed by atoms with Crippen LogP contribution in [0.15, 0.2) is 30.3 Å². The molecule has 0 N–H and O–H groups in total. The predicted octanol–water partition coefficient (Wildman–Crippen LogP) is 2.35. The third kappa shape index (κ3) is 1.14. The fourth-order valence-corrected chi connectivity index (χ4v) is 1.38. The summed E-state index contributed by atoms with van der Waals surface area (Å²) in [5.41, 5.74) is 1.09. The van der Waals surface area contributed by atoms with Crippen molar-refractivity contribution in [3.63, 3.8) is 0 Å². The highest BCUT2D eigenvalue weighted by Crippen LogP contribution is 2.30. The van der Waals surface area contributed by atoms with E-state index in [9.17, 15) is 0 Å². The van der Waals surface area contributed by atoms with E-state index < -0.39 is 0 Å². The molecule has 0 bridgehead atoms. The average Bonchev–Trinajstić information content (AvgIpc) is 2.06. The SMILES string of the molecule is SC1=CCOc2ccccc21. The van der Waals surface area contributed by atoms with Crippen molar-refractivity contribution in [3.8, 4) is 5.75 Å². The maximum Gasteiger partial charge on any atom is 0.128 e. The third-order valence-electron chi connectivity index (χ3n) is 1.68. The lowest BCUT2D eigenvalue weighted by Gasteiger charge is -2.14. The summed E-state index contributed by atoms with van der Waals surface area (Å²) in [7, 11) is 0. The molecule has 0 aromatic heterocycles. The zero-order chi connectivity index (χ0) is 7.68. The highest BCUT2D eigenvalue weighted by Gasteiger charge is 2.08. The van der Waals surface area contributed by atoms with Gasteiger partial charge in [0.2, 0.25) is 0 Å². The molecule has 11 heavy (non-hydrogen) atoms. The molecule has 1 nitrogen and oxygen atoms in total. The second-order valence-electron chi connectivity index (χ2n) is 2.40. The minimum absolute atomic E-state index is 0.635. The molecule has 0 spiro atoms. The van der Waals surface area contributed by atoms with Crippen LogP contribution in [0.5, 0.6) is 5.75 Å². The van der Waals surface area contributed by atoms with E-state index in [0.717, 1.165) is 16.2 Å². The Bertz CT molecular complexity index is 304. The smallest absolute Gasteiger partial charge is 0.128 e. The van der Waals surface area contributed by atoms with E-state index in [-0.39, 0.29) is 0 Å². The standard InChI is InChI=1S/C9H8OS/c11-9-5-6-10-8-4-2-1-3-7(8)9/h1-5,11H,6H2. The fraction of sp³-hybridized carbons (Fsp3) is 0.111. The fourth-order valence-electron chi connectivity index (χ4n) is 1.12. The topological polar surface area (TPSA) is 9.23 Å². The van der Waals surface area contributed by atoms with Crippen molar-refractivity contribution >= 4 is 17.5 Å². The van der Waals surface area contributed by atoms with Crippen LogP contribution in [0.1, 0.15) is 5.56 Å². The Morgan fingerprint density at radius 3 is 2.91 bits per heavy atom. The Morgan fingerprint density at radius 1 is 1.27 bits per heavy atom. The Balaban J connectivity index is 2.56. The molecule has 2 rings (SSSR count). The second-order valence-corrected chi connectivity index (χ2v) is 2.88. The quantitative estimate of drug-likeness (QED) is 0.579. The van der Waals surface area contributed by atoms with E-state index in [4.69, 9.17) is 4.74 Å². The first kappa shape index (κ1) is 6.80. The van der Waals surface area contributed by atoms with Crippen molar-refractivity contribution in [3.05, 3.63) is 35.9 Å². The van der Waals surface area contributed by atoms with E-state index in [0.29, 0.717) is 6.61 Å². The molecule has 2 heteroatoms. The Morgan fingerprint density at radius 2 is 2.09 bits per heavy atom. The number of hydrogen-bond donors (Lipinski definition) is 1. The minimum Gasteiger partial charge on any atom is -0.489 e. The molecule has 0 amide bonds. The zero-order valence-corrected chi connectivity index (χ0v) is 6.84. The Labute approximate surface area is 71.1 Å². The van der Waals surface area contributed by atoms with Crippen LogP contribution in [0.2, 0.25) is 0 Å². The average molecular weight is 164 g/mol. The summed E-state index contributed by atoms with van der Waals surface area (Å²) in [6, 6.07) is 7.91. The van der Waals surface area contributed by atoms with Gasteiger partial charge in [0.25, 0.3) is 0 Å². The van der Waals surface area contributed by atoms with E-state index in [1.807, 2.05) is 30.3 Å². The molecule has 1 aliphatic rings. The highest BCUT2D eigenvalue weighted by molar-refractivity contribution is 7.90. The third-order valence-corrected chi connectivity index (χ3v) is 2.10. The molecular weight excluding hydrogens is 156 g/mol. The molecule has 1 aromatic rings. The van der Waals surface area contributed by atoms with Gasteiger partial charge in [-0.15, -0.1) is 12.6 Å². The monoisotopic (exact) mass is 164 g/mol. The van der Waals surface area contributed by atoms with E-state index in [2.05, 4.69) is 12.6 Å². The molecule has 1 aromatic carbocycles. The molecule has 0 radical (unpaired) electrons. The van der Waals surface area contributed by atoms with Gasteiger partial charge in [0.05, 0.1) is 0 Å². The molecule has 1 heterocycles. The molecule has 1 aliphatic heterocycles. The van der Waals surface area contributed by atoms with Crippen LogP contribution in [0.25, 0.3) is 4.91 Å². The maximum atomic E-state index is 5.37. The summed E-state index contributed by atoms with van der Waals surface area (Å²) in [6.07, 6.45) is 1.96. The van der Waals surface area contributed by atoms with Crippen molar-refractivity contribution in [1.29, 1.82) is 0 Å². The molecular formula is C9H8OS. The van der Waals surface area contributed by atoms with Gasteiger partial charge in [0.1, 0.15) is 12.4 Å². The number of benzene rings is 1. The molecule has 0 saturated heterocycles. The second kappa shape index (κ2) is 2.62. The van der Waals surface area contributed by atoms with E-state index in [1.54, 1.807) is 0 Å². The Kier molecular flexibility index (Phi) is 1.62. The van der Waals surface area contributed by atoms with Gasteiger partial charge in [-0.05, 0) is 12.1 Å². The number of fused-ring (bicyclic) bond motifs is 1. The first-order chi connectivity index (χ1) is 5.38. The molecule has 0 fully saturated rings. The van der Waals surface area contributed by atoms with Crippen LogP contribution in [0.3, 0.4) is 0 Å². The zero-order valence-electron chi connectivity index (χ0n) is 5.95. The van der Waals surface area contributed by atoms with Gasteiger partial charge in [-0.1, -0.05) is 18.2 Å². The van der Waals surface area contributed by atoms with Crippen molar-refractivity contribution in [1.82, 2.24) is 0 Å². The summed E-state index contributed by atoms with van der Waals surface area (Å²) >= 11 is 4.32. The molecule has 0 aliphatic carbocycles. The summed E-state index contributed by atoms with van der Waals surface area (Å²) in [5, 5.41) is 0. The number of para-hydroxylation sites is 1. The number of hydrogen-bond acceptors (Lipinski definition) is 2. The first-order valence-electron chi connectivity index (χ1n) is 3.49. The summed E-state index contributed by atoms with van der Waals surface area (Å²) in [5.74, 6) is 0.931. The molecule has 0 atom stereocenters. The highest BCUT2D eigenvalue weighted by atomic mass is 32.1. The van der Waals surface area contributed by atoms with Crippen LogP contribution in [0.4, 0.5) is 0 Å². The lowest BCUT2D eigenvalue weighted by Crippen LogP contribution is -2.01. The largest absolute Gasteiger partial charge is 0.489 e. The van der Waals surface area contributed by atoms with E-state index in [1.165, 1.54) is 0 Å². The van der Waals surface area contributed by atoms with Gasteiger partial charge >= 0.3 is 0 Å². The maximum absolute atomic E-state index is 5.37. The van der Waals surface area contributed by atoms with Crippen LogP contribution in [-0.2, 0) is 0 Å². The van der Waals surface area contributed by atoms with Crippen LogP contribution < -0.4 is 4.74 Å². The Hall–Kier alpha value is -0.890. The summed E-state index contributed by atoms with van der Waals surface area (Å²) in [6.45, 7) is 0.635. The number of ether oxygens (including phenoxy) is 1. The van der Waals surface area contributed by atoms with Crippen molar-refractivity contribution in [2.24, 2.45) is 0 Å². The molecule has 0 unspecified atom stereocenters. The first-order valence-corrected chi connectivity index (χ1v) is 3.94. The van der Waals surface area contributed by atoms with Gasteiger partial charge < -0.3 is 4.74 Å². The van der Waals surface area contributed by atoms with E-state index >= 15 is 0 Å². The lowest BCUT2D eigenvalue weighted by atomic mass is 10.1. The van der Waals surface area contributed by atoms with Crippen molar-refractivity contribution in [2.45, 2.75) is 0 Å². The molecule has 0 saturated carbocycles. The van der Waals surface area contributed by atoms with Gasteiger partial charge in [-0.25, -0.2) is 0 Å². The van der Waals surface area contributed by atoms with Gasteiger partial charge in [-0.3, -0.25) is 0 Å². The van der Waals surface area contributed by atoms with Crippen LogP contribution in [0, 0.1) is 0 Å². The van der Waals surface area contributed by atoms with Crippen LogP contribution in [-0.4, -0.2) is 6.61 Å². The van der Waals surface area contributed by atoms with Crippen molar-refractivity contribution in [2.75, 3.05) is 6.61 Å².